The van der Waals surface area contributed by atoms with E-state index in [4.69, 9.17) is 13.9 Å². The minimum Gasteiger partial charge on any atom is -0.497 e. The summed E-state index contributed by atoms with van der Waals surface area (Å²) in [6.07, 6.45) is 6.87. The second-order valence-corrected chi connectivity index (χ2v) is 8.77. The molecule has 1 saturated heterocycles. The molecule has 2 aromatic carbocycles. The zero-order valence-electron chi connectivity index (χ0n) is 20.2. The molecule has 5 nitrogen and oxygen atoms in total. The topological polar surface area (TPSA) is 51.9 Å². The molecule has 0 spiro atoms. The minimum atomic E-state index is 0.0717. The highest BCUT2D eigenvalue weighted by molar-refractivity contribution is 6.01. The maximum Gasteiger partial charge on any atom is 0.247 e. The summed E-state index contributed by atoms with van der Waals surface area (Å²) >= 11 is 0. The van der Waals surface area contributed by atoms with Crippen LogP contribution in [0.15, 0.2) is 47.1 Å². The molecule has 1 unspecified atom stereocenters. The maximum atomic E-state index is 13.1. The largest absolute Gasteiger partial charge is 0.497 e. The van der Waals surface area contributed by atoms with Crippen molar-refractivity contribution in [3.63, 3.8) is 0 Å². The summed E-state index contributed by atoms with van der Waals surface area (Å²) in [6, 6.07) is 10.3. The van der Waals surface area contributed by atoms with Crippen molar-refractivity contribution in [2.75, 3.05) is 20.3 Å². The van der Waals surface area contributed by atoms with Crippen molar-refractivity contribution in [3.05, 3.63) is 53.8 Å². The van der Waals surface area contributed by atoms with E-state index in [0.717, 1.165) is 69.7 Å². The number of hydrogen-bond acceptors (Lipinski definition) is 4. The number of carbonyl (C=O) groups excluding carboxylic acids is 1. The number of likely N-dealkylation sites (tertiary alicyclic amines) is 1. The van der Waals surface area contributed by atoms with Crippen LogP contribution < -0.4 is 9.47 Å². The summed E-state index contributed by atoms with van der Waals surface area (Å²) in [4.78, 5) is 15.1. The first kappa shape index (κ1) is 23.0. The van der Waals surface area contributed by atoms with Crippen LogP contribution in [-0.2, 0) is 4.79 Å². The third-order valence-electron chi connectivity index (χ3n) is 6.58. The summed E-state index contributed by atoms with van der Waals surface area (Å²) in [5.74, 6) is 1.66. The van der Waals surface area contributed by atoms with Gasteiger partial charge < -0.3 is 18.8 Å². The Morgan fingerprint density at radius 1 is 1.24 bits per heavy atom. The fourth-order valence-electron chi connectivity index (χ4n) is 4.70. The highest BCUT2D eigenvalue weighted by Gasteiger charge is 2.23. The number of carbonyl (C=O) groups is 1. The molecule has 4 rings (SSSR count). The van der Waals surface area contributed by atoms with E-state index in [9.17, 15) is 4.79 Å². The second-order valence-electron chi connectivity index (χ2n) is 8.77. The van der Waals surface area contributed by atoms with Crippen molar-refractivity contribution in [2.45, 2.75) is 53.0 Å². The van der Waals surface area contributed by atoms with Gasteiger partial charge in [-0.25, -0.2) is 0 Å². The van der Waals surface area contributed by atoms with E-state index < -0.39 is 0 Å². The van der Waals surface area contributed by atoms with Crippen LogP contribution in [0.25, 0.3) is 27.7 Å². The molecule has 3 aromatic rings. The molecule has 1 aromatic heterocycles. The number of furan rings is 1. The average molecular weight is 448 g/mol. The standard InChI is InChI=1S/C28H33NO4/c1-6-32-27-20(4)28-24(25(17-33-28)21-10-12-22(31-5)13-11-21)16-23(27)18(2)15-26(30)29-14-8-7-9-19(29)3/h10-13,15-17,19H,6-9,14H2,1-5H3/b18-15+. The predicted octanol–water partition coefficient (Wildman–Crippen LogP) is 6.62. The maximum absolute atomic E-state index is 13.1. The number of rotatable bonds is 6. The van der Waals surface area contributed by atoms with Gasteiger partial charge in [-0.05, 0) is 76.3 Å². The van der Waals surface area contributed by atoms with Gasteiger partial charge in [0.15, 0.2) is 0 Å². The summed E-state index contributed by atoms with van der Waals surface area (Å²) in [5.41, 5.74) is 5.62. The molecule has 174 valence electrons. The lowest BCUT2D eigenvalue weighted by atomic mass is 9.96. The number of hydrogen-bond donors (Lipinski definition) is 0. The Labute approximate surface area is 196 Å². The Hall–Kier alpha value is -3.21. The van der Waals surface area contributed by atoms with E-state index in [1.165, 1.54) is 6.42 Å². The van der Waals surface area contributed by atoms with Crippen LogP contribution in [0.4, 0.5) is 0 Å². The van der Waals surface area contributed by atoms with Crippen molar-refractivity contribution in [1.82, 2.24) is 4.90 Å². The van der Waals surface area contributed by atoms with Crippen LogP contribution in [0.2, 0.25) is 0 Å². The quantitative estimate of drug-likeness (QED) is 0.399. The van der Waals surface area contributed by atoms with Crippen LogP contribution in [-0.4, -0.2) is 37.1 Å². The number of amides is 1. The van der Waals surface area contributed by atoms with Crippen LogP contribution in [0.1, 0.15) is 51.2 Å². The lowest BCUT2D eigenvalue weighted by molar-refractivity contribution is -0.129. The normalized spacial score (nSPS) is 16.8. The van der Waals surface area contributed by atoms with Gasteiger partial charge in [-0.15, -0.1) is 0 Å². The smallest absolute Gasteiger partial charge is 0.247 e. The van der Waals surface area contributed by atoms with Crippen molar-refractivity contribution >= 4 is 22.4 Å². The number of allylic oxidation sites excluding steroid dienone is 1. The number of fused-ring (bicyclic) bond motifs is 1. The van der Waals surface area contributed by atoms with Gasteiger partial charge in [0.1, 0.15) is 17.1 Å². The molecule has 0 aliphatic carbocycles. The summed E-state index contributed by atoms with van der Waals surface area (Å²) < 4.78 is 17.3. The van der Waals surface area contributed by atoms with Crippen LogP contribution >= 0.6 is 0 Å². The van der Waals surface area contributed by atoms with E-state index >= 15 is 0 Å². The van der Waals surface area contributed by atoms with E-state index in [2.05, 4.69) is 13.0 Å². The van der Waals surface area contributed by atoms with Gasteiger partial charge >= 0.3 is 0 Å². The molecule has 33 heavy (non-hydrogen) atoms. The van der Waals surface area contributed by atoms with Crippen LogP contribution in [0.5, 0.6) is 11.5 Å². The highest BCUT2D eigenvalue weighted by Crippen LogP contribution is 2.41. The third kappa shape index (κ3) is 4.50. The molecule has 1 aliphatic heterocycles. The van der Waals surface area contributed by atoms with Gasteiger partial charge in [0.2, 0.25) is 5.91 Å². The van der Waals surface area contributed by atoms with Crippen molar-refractivity contribution < 1.29 is 18.7 Å². The lowest BCUT2D eigenvalue weighted by Crippen LogP contribution is -2.41. The molecule has 5 heteroatoms. The Bertz CT molecular complexity index is 1170. The van der Waals surface area contributed by atoms with Gasteiger partial charge in [0.25, 0.3) is 0 Å². The van der Waals surface area contributed by atoms with E-state index in [-0.39, 0.29) is 11.9 Å². The number of methoxy groups -OCH3 is 1. The molecule has 0 radical (unpaired) electrons. The van der Waals surface area contributed by atoms with Crippen LogP contribution in [0, 0.1) is 6.92 Å². The summed E-state index contributed by atoms with van der Waals surface area (Å²) in [7, 11) is 1.66. The first-order valence-electron chi connectivity index (χ1n) is 11.8. The Kier molecular flexibility index (Phi) is 6.77. The van der Waals surface area contributed by atoms with Crippen molar-refractivity contribution in [3.8, 4) is 22.6 Å². The molecule has 0 N–H and O–H groups in total. The SMILES string of the molecule is CCOc1c(/C(C)=C/C(=O)N2CCCCC2C)cc2c(-c3ccc(OC)cc3)coc2c1C. The van der Waals surface area contributed by atoms with Gasteiger partial charge in [0.05, 0.1) is 20.0 Å². The van der Waals surface area contributed by atoms with Gasteiger partial charge in [0, 0.05) is 40.7 Å². The monoisotopic (exact) mass is 447 g/mol. The van der Waals surface area contributed by atoms with Gasteiger partial charge in [-0.3, -0.25) is 4.79 Å². The van der Waals surface area contributed by atoms with Crippen molar-refractivity contribution in [2.24, 2.45) is 0 Å². The number of piperidine rings is 1. The molecule has 0 bridgehead atoms. The fraction of sp³-hybridized carbons (Fsp3) is 0.393. The van der Waals surface area contributed by atoms with E-state index in [0.29, 0.717) is 6.61 Å². The molecule has 1 amide bonds. The van der Waals surface area contributed by atoms with Gasteiger partial charge in [-0.1, -0.05) is 12.1 Å². The minimum absolute atomic E-state index is 0.0717. The third-order valence-corrected chi connectivity index (χ3v) is 6.58. The van der Waals surface area contributed by atoms with Gasteiger partial charge in [-0.2, -0.15) is 0 Å². The number of nitrogens with zero attached hydrogens (tertiary/aromatic N) is 1. The highest BCUT2D eigenvalue weighted by atomic mass is 16.5. The first-order chi connectivity index (χ1) is 15.9. The summed E-state index contributed by atoms with van der Waals surface area (Å²) in [5, 5.41) is 1.00. The molecule has 1 aliphatic rings. The lowest BCUT2D eigenvalue weighted by Gasteiger charge is -2.32. The fourth-order valence-corrected chi connectivity index (χ4v) is 4.70. The Morgan fingerprint density at radius 3 is 2.67 bits per heavy atom. The molecule has 1 fully saturated rings. The van der Waals surface area contributed by atoms with Crippen molar-refractivity contribution in [1.29, 1.82) is 0 Å². The summed E-state index contributed by atoms with van der Waals surface area (Å²) in [6.45, 7) is 9.47. The molecular formula is C28H33NO4. The van der Waals surface area contributed by atoms with Crippen LogP contribution in [0.3, 0.4) is 0 Å². The zero-order valence-corrected chi connectivity index (χ0v) is 20.2. The zero-order chi connectivity index (χ0) is 23.5. The molecule has 0 saturated carbocycles. The Balaban J connectivity index is 1.80. The van der Waals surface area contributed by atoms with E-state index in [1.54, 1.807) is 19.4 Å². The predicted molar refractivity (Wildman–Crippen MR) is 133 cm³/mol. The van der Waals surface area contributed by atoms with E-state index in [1.807, 2.05) is 49.9 Å². The average Bonchev–Trinajstić information content (AvgIpc) is 3.25. The molecular weight excluding hydrogens is 414 g/mol. The molecule has 2 heterocycles. The molecule has 1 atom stereocenters. The number of aryl methyl sites for hydroxylation is 1. The number of ether oxygens (including phenoxy) is 2. The Morgan fingerprint density at radius 2 is 2.00 bits per heavy atom. The first-order valence-corrected chi connectivity index (χ1v) is 11.8. The number of benzene rings is 2. The second kappa shape index (κ2) is 9.74.